The second-order valence-corrected chi connectivity index (χ2v) is 17.2. The summed E-state index contributed by atoms with van der Waals surface area (Å²) in [5.41, 5.74) is 8.35. The Morgan fingerprint density at radius 1 is 0.613 bits per heavy atom. The van der Waals surface area contributed by atoms with Gasteiger partial charge in [-0.15, -0.1) is 0 Å². The molecule has 10 heteroatoms. The van der Waals surface area contributed by atoms with Crippen LogP contribution in [0, 0.1) is 5.92 Å². The third-order valence-corrected chi connectivity index (χ3v) is 13.9. The Hall–Kier alpha value is -5.84. The maximum atomic E-state index is 14.6. The van der Waals surface area contributed by atoms with E-state index in [0.717, 1.165) is 121 Å². The van der Waals surface area contributed by atoms with Crippen molar-refractivity contribution in [1.29, 1.82) is 0 Å². The third kappa shape index (κ3) is 7.90. The first kappa shape index (κ1) is 41.5. The van der Waals surface area contributed by atoms with E-state index in [-0.39, 0.29) is 42.0 Å². The number of nitrogens with zero attached hydrogens (tertiary/aromatic N) is 6. The molecule has 2 aliphatic heterocycles. The molecule has 0 unspecified atom stereocenters. The average molecular weight is 829 g/mol. The van der Waals surface area contributed by atoms with Gasteiger partial charge in [-0.1, -0.05) is 137 Å². The second-order valence-electron chi connectivity index (χ2n) is 17.2. The van der Waals surface area contributed by atoms with Gasteiger partial charge in [-0.25, -0.2) is 9.97 Å². The van der Waals surface area contributed by atoms with Crippen molar-refractivity contribution in [2.45, 2.75) is 90.0 Å². The quantitative estimate of drug-likeness (QED) is 0.107. The SMILES string of the molecule is CCN(CC)[C@H](C(=O)N1CCC[C@H]1c1ncc(-c2ccc(-c3ccc(-c4cnc([C@H]5[C@H]6CC[C@@H](C6)N5C(=O)[C@@H](c5ccccc5)N(CC)CC)[nH]4)cc3)cc2)[nH]1)c1ccccc1. The Bertz CT molecular complexity index is 2420. The minimum absolute atomic E-state index is 0.0512. The van der Waals surface area contributed by atoms with Crippen LogP contribution in [0.5, 0.6) is 0 Å². The van der Waals surface area contributed by atoms with Gasteiger partial charge in [0, 0.05) is 12.6 Å². The predicted molar refractivity (Wildman–Crippen MR) is 246 cm³/mol. The van der Waals surface area contributed by atoms with Gasteiger partial charge in [-0.05, 0) is 97.6 Å². The van der Waals surface area contributed by atoms with E-state index >= 15 is 0 Å². The standard InChI is InChI=1S/C52H60N8O2/c1-5-57(6-2)47(39-16-11-9-12-17-39)51(61)59-31-15-20-45(59)49-53-33-43(55-49)37-25-21-35(22-26-37)36-23-27-38(28-24-36)44-34-54-50(56-44)46-41-29-30-42(32-41)60(46)52(62)48(58(7-3)8-4)40-18-13-10-14-19-40/h9-14,16-19,21-28,33-34,41-42,45-48H,5-8,15,20,29-32H2,1-4H3,(H,53,55)(H,54,56)/t41-,42-,45-,46+,47-,48+/m0/s1. The van der Waals surface area contributed by atoms with Gasteiger partial charge in [-0.3, -0.25) is 19.4 Å². The van der Waals surface area contributed by atoms with Crippen molar-refractivity contribution in [3.05, 3.63) is 144 Å². The minimum Gasteiger partial charge on any atom is -0.340 e. The maximum absolute atomic E-state index is 14.6. The van der Waals surface area contributed by atoms with Gasteiger partial charge >= 0.3 is 0 Å². The van der Waals surface area contributed by atoms with E-state index in [9.17, 15) is 9.59 Å². The molecule has 62 heavy (non-hydrogen) atoms. The second kappa shape index (κ2) is 18.2. The molecule has 1 saturated carbocycles. The van der Waals surface area contributed by atoms with Crippen LogP contribution in [-0.2, 0) is 9.59 Å². The number of likely N-dealkylation sites (tertiary alicyclic amines) is 2. The smallest absolute Gasteiger partial charge is 0.245 e. The number of amides is 2. The first-order valence-electron chi connectivity index (χ1n) is 22.9. The number of rotatable bonds is 15. The summed E-state index contributed by atoms with van der Waals surface area (Å²) in [5.74, 6) is 2.47. The van der Waals surface area contributed by atoms with E-state index in [0.29, 0.717) is 5.92 Å². The number of carbonyl (C=O) groups is 2. The molecular weight excluding hydrogens is 769 g/mol. The number of benzene rings is 4. The molecule has 3 aliphatic rings. The maximum Gasteiger partial charge on any atom is 0.245 e. The number of imidazole rings is 2. The van der Waals surface area contributed by atoms with Gasteiger partial charge in [0.2, 0.25) is 11.8 Å². The summed E-state index contributed by atoms with van der Waals surface area (Å²) >= 11 is 0. The summed E-state index contributed by atoms with van der Waals surface area (Å²) < 4.78 is 0. The van der Waals surface area contributed by atoms with Crippen molar-refractivity contribution in [2.75, 3.05) is 32.7 Å². The molecule has 2 amide bonds. The Morgan fingerprint density at radius 3 is 1.63 bits per heavy atom. The van der Waals surface area contributed by atoms with E-state index in [4.69, 9.17) is 9.97 Å². The molecule has 320 valence electrons. The number of aromatic amines is 2. The fourth-order valence-electron chi connectivity index (χ4n) is 10.7. The molecule has 6 atom stereocenters. The zero-order valence-electron chi connectivity index (χ0n) is 36.6. The number of nitrogens with one attached hydrogen (secondary N) is 2. The Labute approximate surface area is 366 Å². The first-order valence-corrected chi connectivity index (χ1v) is 22.9. The van der Waals surface area contributed by atoms with Crippen molar-refractivity contribution in [1.82, 2.24) is 39.5 Å². The lowest BCUT2D eigenvalue weighted by Gasteiger charge is -2.39. The molecule has 6 aromatic rings. The van der Waals surface area contributed by atoms with E-state index in [1.165, 1.54) is 0 Å². The molecule has 0 spiro atoms. The molecule has 2 bridgehead atoms. The lowest BCUT2D eigenvalue weighted by atomic mass is 9.96. The number of hydrogen-bond acceptors (Lipinski definition) is 6. The average Bonchev–Trinajstić information content (AvgIpc) is 4.19. The highest BCUT2D eigenvalue weighted by atomic mass is 16.2. The molecule has 10 nitrogen and oxygen atoms in total. The molecule has 4 heterocycles. The zero-order valence-corrected chi connectivity index (χ0v) is 36.6. The van der Waals surface area contributed by atoms with Gasteiger partial charge in [0.1, 0.15) is 23.7 Å². The molecule has 2 saturated heterocycles. The number of carbonyl (C=O) groups excluding carboxylic acids is 2. The number of piperidine rings is 1. The summed E-state index contributed by atoms with van der Waals surface area (Å²) in [5, 5.41) is 0. The molecule has 1 aliphatic carbocycles. The Kier molecular flexibility index (Phi) is 12.2. The summed E-state index contributed by atoms with van der Waals surface area (Å²) in [4.78, 5) is 54.7. The summed E-state index contributed by atoms with van der Waals surface area (Å²) in [6.07, 6.45) is 8.88. The molecule has 3 fully saturated rings. The van der Waals surface area contributed by atoms with Crippen molar-refractivity contribution in [3.8, 4) is 33.6 Å². The molecule has 2 N–H and O–H groups in total. The largest absolute Gasteiger partial charge is 0.340 e. The van der Waals surface area contributed by atoms with Gasteiger partial charge in [0.05, 0.1) is 35.9 Å². The highest BCUT2D eigenvalue weighted by Crippen LogP contribution is 2.51. The fraction of sp³-hybridized carbons (Fsp3) is 0.385. The van der Waals surface area contributed by atoms with Crippen molar-refractivity contribution in [2.24, 2.45) is 5.92 Å². The van der Waals surface area contributed by atoms with E-state index in [2.05, 4.69) is 125 Å². The number of fused-ring (bicyclic) bond motifs is 2. The topological polar surface area (TPSA) is 104 Å². The molecule has 9 rings (SSSR count). The number of aromatic nitrogens is 4. The minimum atomic E-state index is -0.314. The molecular formula is C52H60N8O2. The van der Waals surface area contributed by atoms with Crippen molar-refractivity contribution in [3.63, 3.8) is 0 Å². The third-order valence-electron chi connectivity index (χ3n) is 13.9. The van der Waals surface area contributed by atoms with Crippen molar-refractivity contribution >= 4 is 11.8 Å². The van der Waals surface area contributed by atoms with Gasteiger partial charge < -0.3 is 19.8 Å². The number of H-pyrrole nitrogens is 2. The number of likely N-dealkylation sites (N-methyl/N-ethyl adjacent to an activating group) is 2. The Balaban J connectivity index is 0.884. The zero-order chi connectivity index (χ0) is 42.7. The van der Waals surface area contributed by atoms with E-state index < -0.39 is 0 Å². The molecule has 4 aromatic carbocycles. The van der Waals surface area contributed by atoms with Crippen LogP contribution < -0.4 is 0 Å². The van der Waals surface area contributed by atoms with Crippen molar-refractivity contribution < 1.29 is 9.59 Å². The normalized spacial score (nSPS) is 20.7. The van der Waals surface area contributed by atoms with Gasteiger partial charge in [-0.2, -0.15) is 0 Å². The van der Waals surface area contributed by atoms with Crippen LogP contribution in [0.3, 0.4) is 0 Å². The van der Waals surface area contributed by atoms with Crippen LogP contribution in [0.1, 0.15) is 107 Å². The monoisotopic (exact) mass is 828 g/mol. The highest BCUT2D eigenvalue weighted by Gasteiger charge is 2.51. The predicted octanol–water partition coefficient (Wildman–Crippen LogP) is 10.0. The Morgan fingerprint density at radius 2 is 1.10 bits per heavy atom. The highest BCUT2D eigenvalue weighted by molar-refractivity contribution is 5.85. The van der Waals surface area contributed by atoms with Crippen LogP contribution >= 0.6 is 0 Å². The lowest BCUT2D eigenvalue weighted by molar-refractivity contribution is -0.142. The molecule has 2 aromatic heterocycles. The fourth-order valence-corrected chi connectivity index (χ4v) is 10.7. The van der Waals surface area contributed by atoms with Crippen LogP contribution in [-0.4, -0.2) is 90.1 Å². The summed E-state index contributed by atoms with van der Waals surface area (Å²) in [6.45, 7) is 12.5. The van der Waals surface area contributed by atoms with E-state index in [1.54, 1.807) is 0 Å². The van der Waals surface area contributed by atoms with Crippen LogP contribution in [0.4, 0.5) is 0 Å². The van der Waals surface area contributed by atoms with Crippen LogP contribution in [0.15, 0.2) is 122 Å². The summed E-state index contributed by atoms with van der Waals surface area (Å²) in [7, 11) is 0. The van der Waals surface area contributed by atoms with Gasteiger partial charge in [0.15, 0.2) is 0 Å². The molecule has 0 radical (unpaired) electrons. The van der Waals surface area contributed by atoms with Gasteiger partial charge in [0.25, 0.3) is 0 Å². The first-order chi connectivity index (χ1) is 30.4. The number of hydrogen-bond donors (Lipinski definition) is 2. The lowest BCUT2D eigenvalue weighted by Crippen LogP contribution is -2.47. The van der Waals surface area contributed by atoms with E-state index in [1.807, 2.05) is 53.7 Å². The van der Waals surface area contributed by atoms with Crippen LogP contribution in [0.2, 0.25) is 0 Å². The summed E-state index contributed by atoms with van der Waals surface area (Å²) in [6, 6.07) is 37.1. The van der Waals surface area contributed by atoms with Crippen LogP contribution in [0.25, 0.3) is 33.6 Å².